The van der Waals surface area contributed by atoms with E-state index < -0.39 is 0 Å². The van der Waals surface area contributed by atoms with Gasteiger partial charge in [-0.05, 0) is 32.7 Å². The van der Waals surface area contributed by atoms with Gasteiger partial charge in [0.1, 0.15) is 0 Å². The van der Waals surface area contributed by atoms with Crippen LogP contribution in [0.5, 0.6) is 0 Å². The fourth-order valence-electron chi connectivity index (χ4n) is 2.46. The Morgan fingerprint density at radius 1 is 1.38 bits per heavy atom. The monoisotopic (exact) mass is 223 g/mol. The van der Waals surface area contributed by atoms with E-state index >= 15 is 0 Å². The van der Waals surface area contributed by atoms with Gasteiger partial charge in [-0.3, -0.25) is 0 Å². The molecule has 0 amide bonds. The molecule has 90 valence electrons. The fraction of sp³-hybridized carbons (Fsp3) is 0.833. The predicted molar refractivity (Wildman–Crippen MR) is 62.3 cm³/mol. The lowest BCUT2D eigenvalue weighted by Crippen LogP contribution is -2.37. The van der Waals surface area contributed by atoms with Crippen molar-refractivity contribution in [2.75, 3.05) is 6.54 Å². The molecule has 1 N–H and O–H groups in total. The molecule has 4 nitrogen and oxygen atoms in total. The van der Waals surface area contributed by atoms with E-state index in [1.165, 1.54) is 32.1 Å². The third-order valence-electron chi connectivity index (χ3n) is 3.28. The van der Waals surface area contributed by atoms with Gasteiger partial charge in [-0.2, -0.15) is 4.98 Å². The highest BCUT2D eigenvalue weighted by Crippen LogP contribution is 2.32. The van der Waals surface area contributed by atoms with Crippen molar-refractivity contribution < 1.29 is 4.52 Å². The molecule has 4 heteroatoms. The van der Waals surface area contributed by atoms with Gasteiger partial charge in [0.05, 0.1) is 5.92 Å². The summed E-state index contributed by atoms with van der Waals surface area (Å²) in [5.74, 6) is 1.99. The topological polar surface area (TPSA) is 51.0 Å². The molecular formula is C12H21N3O. The Labute approximate surface area is 96.8 Å². The SMILES string of the molecule is CCCNC1CCCCC1c1nc(C)no1. The molecule has 0 radical (unpaired) electrons. The van der Waals surface area contributed by atoms with Crippen LogP contribution in [0.4, 0.5) is 0 Å². The van der Waals surface area contributed by atoms with Crippen LogP contribution in [0.2, 0.25) is 0 Å². The maximum atomic E-state index is 5.31. The maximum absolute atomic E-state index is 5.31. The first kappa shape index (κ1) is 11.6. The summed E-state index contributed by atoms with van der Waals surface area (Å²) in [6, 6.07) is 0.522. The second kappa shape index (κ2) is 5.43. The Morgan fingerprint density at radius 3 is 2.88 bits per heavy atom. The van der Waals surface area contributed by atoms with Gasteiger partial charge in [0.25, 0.3) is 0 Å². The summed E-state index contributed by atoms with van der Waals surface area (Å²) in [7, 11) is 0. The van der Waals surface area contributed by atoms with Gasteiger partial charge in [-0.1, -0.05) is 24.9 Å². The highest BCUT2D eigenvalue weighted by molar-refractivity contribution is 5.00. The number of rotatable bonds is 4. The summed E-state index contributed by atoms with van der Waals surface area (Å²) in [5.41, 5.74) is 0. The Hall–Kier alpha value is -0.900. The predicted octanol–water partition coefficient (Wildman–Crippen LogP) is 2.40. The molecule has 1 aliphatic rings. The number of aryl methyl sites for hydroxylation is 1. The molecule has 16 heavy (non-hydrogen) atoms. The minimum absolute atomic E-state index is 0.418. The summed E-state index contributed by atoms with van der Waals surface area (Å²) in [4.78, 5) is 4.37. The van der Waals surface area contributed by atoms with Gasteiger partial charge in [-0.15, -0.1) is 0 Å². The van der Waals surface area contributed by atoms with Crippen LogP contribution < -0.4 is 5.32 Å². The van der Waals surface area contributed by atoms with Crippen LogP contribution in [0.15, 0.2) is 4.52 Å². The van der Waals surface area contributed by atoms with E-state index in [9.17, 15) is 0 Å². The highest BCUT2D eigenvalue weighted by Gasteiger charge is 2.29. The van der Waals surface area contributed by atoms with Crippen LogP contribution in [0, 0.1) is 6.92 Å². The Bertz CT molecular complexity index is 324. The average Bonchev–Trinajstić information content (AvgIpc) is 2.73. The van der Waals surface area contributed by atoms with Crippen LogP contribution in [0.3, 0.4) is 0 Å². The first-order valence-corrected chi connectivity index (χ1v) is 6.35. The van der Waals surface area contributed by atoms with Crippen LogP contribution in [-0.2, 0) is 0 Å². The van der Waals surface area contributed by atoms with Crippen LogP contribution >= 0.6 is 0 Å². The standard InChI is InChI=1S/C12H21N3O/c1-3-8-13-11-7-5-4-6-10(11)12-14-9(2)15-16-12/h10-11,13H,3-8H2,1-2H3. The quantitative estimate of drug-likeness (QED) is 0.851. The summed E-state index contributed by atoms with van der Waals surface area (Å²) >= 11 is 0. The molecule has 0 bridgehead atoms. The zero-order valence-electron chi connectivity index (χ0n) is 10.2. The number of nitrogens with one attached hydrogen (secondary N) is 1. The van der Waals surface area contributed by atoms with Gasteiger partial charge in [0.2, 0.25) is 5.89 Å². The van der Waals surface area contributed by atoms with Gasteiger partial charge in [-0.25, -0.2) is 0 Å². The second-order valence-electron chi connectivity index (χ2n) is 4.63. The lowest BCUT2D eigenvalue weighted by atomic mass is 9.84. The third kappa shape index (κ3) is 2.61. The first-order chi connectivity index (χ1) is 7.81. The van der Waals surface area contributed by atoms with E-state index in [1.54, 1.807) is 0 Å². The summed E-state index contributed by atoms with van der Waals surface area (Å²) < 4.78 is 5.31. The maximum Gasteiger partial charge on any atom is 0.231 e. The molecule has 2 atom stereocenters. The molecule has 1 aromatic rings. The largest absolute Gasteiger partial charge is 0.339 e. The van der Waals surface area contributed by atoms with Crippen molar-refractivity contribution in [3.63, 3.8) is 0 Å². The van der Waals surface area contributed by atoms with Crippen molar-refractivity contribution in [2.45, 2.75) is 57.9 Å². The Morgan fingerprint density at radius 2 is 2.19 bits per heavy atom. The molecule has 1 aliphatic carbocycles. The van der Waals surface area contributed by atoms with E-state index in [1.807, 2.05) is 6.92 Å². The minimum Gasteiger partial charge on any atom is -0.339 e. The molecule has 1 saturated carbocycles. The van der Waals surface area contributed by atoms with E-state index in [0.717, 1.165) is 18.3 Å². The zero-order valence-corrected chi connectivity index (χ0v) is 10.2. The first-order valence-electron chi connectivity index (χ1n) is 6.35. The summed E-state index contributed by atoms with van der Waals surface area (Å²) in [6.45, 7) is 5.15. The Kier molecular flexibility index (Phi) is 3.93. The molecule has 0 aliphatic heterocycles. The second-order valence-corrected chi connectivity index (χ2v) is 4.63. The van der Waals surface area contributed by atoms with E-state index in [2.05, 4.69) is 22.4 Å². The molecule has 1 heterocycles. The molecular weight excluding hydrogens is 202 g/mol. The summed E-state index contributed by atoms with van der Waals surface area (Å²) in [5, 5.41) is 7.49. The van der Waals surface area contributed by atoms with Crippen molar-refractivity contribution in [3.05, 3.63) is 11.7 Å². The van der Waals surface area contributed by atoms with E-state index in [-0.39, 0.29) is 0 Å². The van der Waals surface area contributed by atoms with Crippen molar-refractivity contribution in [1.82, 2.24) is 15.5 Å². The van der Waals surface area contributed by atoms with Crippen LogP contribution in [-0.4, -0.2) is 22.7 Å². The highest BCUT2D eigenvalue weighted by atomic mass is 16.5. The van der Waals surface area contributed by atoms with Crippen molar-refractivity contribution in [2.24, 2.45) is 0 Å². The molecule has 0 saturated heterocycles. The number of hydrogen-bond acceptors (Lipinski definition) is 4. The third-order valence-corrected chi connectivity index (χ3v) is 3.28. The normalized spacial score (nSPS) is 25.9. The van der Waals surface area contributed by atoms with Gasteiger partial charge in [0, 0.05) is 6.04 Å². The molecule has 2 unspecified atom stereocenters. The lowest BCUT2D eigenvalue weighted by molar-refractivity contribution is 0.262. The molecule has 0 spiro atoms. The summed E-state index contributed by atoms with van der Waals surface area (Å²) in [6.07, 6.45) is 6.16. The van der Waals surface area contributed by atoms with Gasteiger partial charge < -0.3 is 9.84 Å². The lowest BCUT2D eigenvalue weighted by Gasteiger charge is -2.29. The zero-order chi connectivity index (χ0) is 11.4. The van der Waals surface area contributed by atoms with Crippen molar-refractivity contribution >= 4 is 0 Å². The Balaban J connectivity index is 2.04. The van der Waals surface area contributed by atoms with Gasteiger partial charge >= 0.3 is 0 Å². The molecule has 0 aromatic carbocycles. The molecule has 1 aromatic heterocycles. The van der Waals surface area contributed by atoms with E-state index in [0.29, 0.717) is 12.0 Å². The van der Waals surface area contributed by atoms with Gasteiger partial charge in [0.15, 0.2) is 5.82 Å². The molecule has 2 rings (SSSR count). The van der Waals surface area contributed by atoms with Crippen molar-refractivity contribution in [3.8, 4) is 0 Å². The molecule has 1 fully saturated rings. The minimum atomic E-state index is 0.418. The fourth-order valence-corrected chi connectivity index (χ4v) is 2.46. The van der Waals surface area contributed by atoms with Crippen molar-refractivity contribution in [1.29, 1.82) is 0 Å². The smallest absolute Gasteiger partial charge is 0.231 e. The number of hydrogen-bond donors (Lipinski definition) is 1. The average molecular weight is 223 g/mol. The van der Waals surface area contributed by atoms with Crippen LogP contribution in [0.25, 0.3) is 0 Å². The van der Waals surface area contributed by atoms with E-state index in [4.69, 9.17) is 4.52 Å². The van der Waals surface area contributed by atoms with Crippen LogP contribution in [0.1, 0.15) is 56.7 Å². The number of aromatic nitrogens is 2. The number of nitrogens with zero attached hydrogens (tertiary/aromatic N) is 2.